The van der Waals surface area contributed by atoms with E-state index in [-0.39, 0.29) is 11.9 Å². The van der Waals surface area contributed by atoms with E-state index in [1.165, 1.54) is 12.1 Å². The Morgan fingerprint density at radius 1 is 1.17 bits per heavy atom. The molecule has 2 nitrogen and oxygen atoms in total. The number of furan rings is 1. The van der Waals surface area contributed by atoms with Gasteiger partial charge in [0.05, 0.1) is 6.04 Å². The molecule has 0 saturated heterocycles. The first kappa shape index (κ1) is 12.8. The van der Waals surface area contributed by atoms with Crippen LogP contribution < -0.4 is 5.32 Å². The molecule has 1 heterocycles. The van der Waals surface area contributed by atoms with Gasteiger partial charge in [-0.3, -0.25) is 0 Å². The average Bonchev–Trinajstić information content (AvgIpc) is 2.78. The lowest BCUT2D eigenvalue weighted by Gasteiger charge is -2.15. The molecule has 0 aliphatic rings. The van der Waals surface area contributed by atoms with Crippen LogP contribution in [0.15, 0.2) is 40.8 Å². The predicted molar refractivity (Wildman–Crippen MR) is 70.0 cm³/mol. The van der Waals surface area contributed by atoms with Crippen molar-refractivity contribution in [2.75, 3.05) is 6.54 Å². The Hall–Kier alpha value is -1.61. The lowest BCUT2D eigenvalue weighted by Crippen LogP contribution is -2.22. The summed E-state index contributed by atoms with van der Waals surface area (Å²) in [6.07, 6.45) is 0.793. The summed E-state index contributed by atoms with van der Waals surface area (Å²) in [6.45, 7) is 4.86. The van der Waals surface area contributed by atoms with E-state index in [1.807, 2.05) is 31.2 Å². The fourth-order valence-electron chi connectivity index (χ4n) is 2.02. The van der Waals surface area contributed by atoms with Gasteiger partial charge in [0.2, 0.25) is 0 Å². The Labute approximate surface area is 107 Å². The van der Waals surface area contributed by atoms with Gasteiger partial charge in [-0.15, -0.1) is 0 Å². The molecule has 96 valence electrons. The number of halogens is 1. The number of hydrogen-bond acceptors (Lipinski definition) is 2. The Bertz CT molecular complexity index is 489. The highest BCUT2D eigenvalue weighted by Crippen LogP contribution is 2.20. The maximum absolute atomic E-state index is 12.9. The topological polar surface area (TPSA) is 25.2 Å². The SMILES string of the molecule is CCNC(Cc1ccc(F)cc1)c1ccc(C)o1. The highest BCUT2D eigenvalue weighted by molar-refractivity contribution is 5.20. The van der Waals surface area contributed by atoms with Gasteiger partial charge < -0.3 is 9.73 Å². The van der Waals surface area contributed by atoms with Gasteiger partial charge in [0.15, 0.2) is 0 Å². The van der Waals surface area contributed by atoms with Crippen LogP contribution in [0.3, 0.4) is 0 Å². The van der Waals surface area contributed by atoms with Crippen molar-refractivity contribution in [1.29, 1.82) is 0 Å². The standard InChI is InChI=1S/C15H18FNO/c1-3-17-14(15-9-4-11(2)18-15)10-12-5-7-13(16)8-6-12/h4-9,14,17H,3,10H2,1-2H3. The van der Waals surface area contributed by atoms with E-state index in [0.717, 1.165) is 30.0 Å². The van der Waals surface area contributed by atoms with Crippen LogP contribution in [0.25, 0.3) is 0 Å². The second-order valence-electron chi connectivity index (χ2n) is 4.39. The van der Waals surface area contributed by atoms with Crippen molar-refractivity contribution in [1.82, 2.24) is 5.32 Å². The molecule has 1 N–H and O–H groups in total. The summed E-state index contributed by atoms with van der Waals surface area (Å²) in [7, 11) is 0. The van der Waals surface area contributed by atoms with Crippen LogP contribution in [0.5, 0.6) is 0 Å². The van der Waals surface area contributed by atoms with Gasteiger partial charge in [0.25, 0.3) is 0 Å². The van der Waals surface area contributed by atoms with Crippen LogP contribution in [0.2, 0.25) is 0 Å². The second kappa shape index (κ2) is 5.83. The molecular formula is C15H18FNO. The number of likely N-dealkylation sites (N-methyl/N-ethyl adjacent to an activating group) is 1. The molecule has 0 saturated carbocycles. The quantitative estimate of drug-likeness (QED) is 0.873. The van der Waals surface area contributed by atoms with Gasteiger partial charge in [-0.1, -0.05) is 19.1 Å². The lowest BCUT2D eigenvalue weighted by molar-refractivity contribution is 0.403. The first-order chi connectivity index (χ1) is 8.69. The summed E-state index contributed by atoms with van der Waals surface area (Å²) in [5, 5.41) is 3.39. The van der Waals surface area contributed by atoms with Gasteiger partial charge in [-0.2, -0.15) is 0 Å². The van der Waals surface area contributed by atoms with Crippen molar-refractivity contribution in [3.63, 3.8) is 0 Å². The van der Waals surface area contributed by atoms with Gasteiger partial charge in [0.1, 0.15) is 17.3 Å². The summed E-state index contributed by atoms with van der Waals surface area (Å²) < 4.78 is 18.5. The van der Waals surface area contributed by atoms with Crippen molar-refractivity contribution in [2.24, 2.45) is 0 Å². The molecule has 1 atom stereocenters. The molecule has 0 fully saturated rings. The number of rotatable bonds is 5. The summed E-state index contributed by atoms with van der Waals surface area (Å²) >= 11 is 0. The molecule has 1 aromatic carbocycles. The van der Waals surface area contributed by atoms with Crippen LogP contribution in [0, 0.1) is 12.7 Å². The van der Waals surface area contributed by atoms with E-state index in [1.54, 1.807) is 0 Å². The van der Waals surface area contributed by atoms with Crippen LogP contribution in [0.1, 0.15) is 30.0 Å². The molecule has 1 unspecified atom stereocenters. The van der Waals surface area contributed by atoms with Crippen molar-refractivity contribution in [3.05, 3.63) is 59.3 Å². The molecule has 0 aliphatic heterocycles. The van der Waals surface area contributed by atoms with Gasteiger partial charge in [-0.05, 0) is 49.7 Å². The molecule has 0 bridgehead atoms. The zero-order valence-corrected chi connectivity index (χ0v) is 10.7. The molecule has 2 aromatic rings. The summed E-state index contributed by atoms with van der Waals surface area (Å²) in [5.41, 5.74) is 1.09. The molecule has 18 heavy (non-hydrogen) atoms. The minimum absolute atomic E-state index is 0.133. The maximum atomic E-state index is 12.9. The van der Waals surface area contributed by atoms with E-state index < -0.39 is 0 Å². The average molecular weight is 247 g/mol. The number of hydrogen-bond donors (Lipinski definition) is 1. The van der Waals surface area contributed by atoms with Crippen molar-refractivity contribution < 1.29 is 8.81 Å². The normalized spacial score (nSPS) is 12.6. The lowest BCUT2D eigenvalue weighted by atomic mass is 10.0. The monoisotopic (exact) mass is 247 g/mol. The van der Waals surface area contributed by atoms with Crippen molar-refractivity contribution >= 4 is 0 Å². The molecule has 0 aliphatic carbocycles. The number of benzene rings is 1. The number of nitrogens with one attached hydrogen (secondary N) is 1. The fraction of sp³-hybridized carbons (Fsp3) is 0.333. The van der Waals surface area contributed by atoms with Crippen LogP contribution in [0.4, 0.5) is 4.39 Å². The Morgan fingerprint density at radius 3 is 2.44 bits per heavy atom. The third-order valence-corrected chi connectivity index (χ3v) is 2.91. The molecule has 1 aromatic heterocycles. The van der Waals surface area contributed by atoms with Gasteiger partial charge >= 0.3 is 0 Å². The van der Waals surface area contributed by atoms with Crippen molar-refractivity contribution in [2.45, 2.75) is 26.3 Å². The Kier molecular flexibility index (Phi) is 4.15. The minimum atomic E-state index is -0.201. The third-order valence-electron chi connectivity index (χ3n) is 2.91. The Morgan fingerprint density at radius 2 is 1.89 bits per heavy atom. The van der Waals surface area contributed by atoms with Crippen LogP contribution in [-0.4, -0.2) is 6.54 Å². The first-order valence-electron chi connectivity index (χ1n) is 6.23. The molecule has 3 heteroatoms. The molecule has 0 amide bonds. The largest absolute Gasteiger partial charge is 0.465 e. The predicted octanol–water partition coefficient (Wildman–Crippen LogP) is 3.62. The molecule has 2 rings (SSSR count). The van der Waals surface area contributed by atoms with E-state index in [9.17, 15) is 4.39 Å². The highest BCUT2D eigenvalue weighted by atomic mass is 19.1. The smallest absolute Gasteiger partial charge is 0.123 e. The molecule has 0 spiro atoms. The maximum Gasteiger partial charge on any atom is 0.123 e. The fourth-order valence-corrected chi connectivity index (χ4v) is 2.02. The summed E-state index contributed by atoms with van der Waals surface area (Å²) in [4.78, 5) is 0. The van der Waals surface area contributed by atoms with Gasteiger partial charge in [-0.25, -0.2) is 4.39 Å². The van der Waals surface area contributed by atoms with E-state index in [2.05, 4.69) is 12.2 Å². The zero-order chi connectivity index (χ0) is 13.0. The number of aryl methyl sites for hydroxylation is 1. The second-order valence-corrected chi connectivity index (χ2v) is 4.39. The highest BCUT2D eigenvalue weighted by Gasteiger charge is 2.14. The molecule has 0 radical (unpaired) electrons. The van der Waals surface area contributed by atoms with E-state index in [4.69, 9.17) is 4.42 Å². The minimum Gasteiger partial charge on any atom is -0.465 e. The Balaban J connectivity index is 2.13. The van der Waals surface area contributed by atoms with E-state index in [0.29, 0.717) is 0 Å². The van der Waals surface area contributed by atoms with E-state index >= 15 is 0 Å². The molecular weight excluding hydrogens is 229 g/mol. The van der Waals surface area contributed by atoms with Crippen LogP contribution in [-0.2, 0) is 6.42 Å². The zero-order valence-electron chi connectivity index (χ0n) is 10.7. The van der Waals surface area contributed by atoms with Crippen molar-refractivity contribution in [3.8, 4) is 0 Å². The summed E-state index contributed by atoms with van der Waals surface area (Å²) in [6, 6.07) is 10.7. The van der Waals surface area contributed by atoms with Gasteiger partial charge in [0, 0.05) is 0 Å². The summed E-state index contributed by atoms with van der Waals surface area (Å²) in [5.74, 6) is 1.64. The third kappa shape index (κ3) is 3.20. The van der Waals surface area contributed by atoms with Crippen LogP contribution >= 0.6 is 0 Å². The first-order valence-corrected chi connectivity index (χ1v) is 6.23.